The zero-order chi connectivity index (χ0) is 12.7. The van der Waals surface area contributed by atoms with Gasteiger partial charge in [0.1, 0.15) is 0 Å². The molecule has 1 aliphatic rings. The fraction of sp³-hybridized carbons (Fsp3) is 0.818. The molecule has 0 bridgehead atoms. The van der Waals surface area contributed by atoms with E-state index in [-0.39, 0.29) is 12.5 Å². The Kier molecular flexibility index (Phi) is 6.36. The number of aliphatic hydroxyl groups excluding tert-OH is 1. The largest absolute Gasteiger partial charge is 0.467 e. The summed E-state index contributed by atoms with van der Waals surface area (Å²) in [6.07, 6.45) is 1.34. The van der Waals surface area contributed by atoms with Gasteiger partial charge < -0.3 is 15.2 Å². The molecule has 0 spiro atoms. The molecule has 1 heterocycles. The second-order valence-electron chi connectivity index (χ2n) is 4.10. The quantitative estimate of drug-likeness (QED) is 0.690. The Morgan fingerprint density at radius 1 is 1.47 bits per heavy atom. The molecular weight excluding hydrogens is 242 g/mol. The molecule has 0 aliphatic carbocycles. The van der Waals surface area contributed by atoms with E-state index in [1.54, 1.807) is 0 Å². The van der Waals surface area contributed by atoms with E-state index in [0.717, 1.165) is 24.3 Å². The molecule has 1 aliphatic heterocycles. The molecule has 0 aromatic carbocycles. The Bertz CT molecular complexity index is 266. The van der Waals surface area contributed by atoms with Gasteiger partial charge in [-0.15, -0.1) is 0 Å². The average Bonchev–Trinajstić information content (AvgIpc) is 2.36. The van der Waals surface area contributed by atoms with Crippen molar-refractivity contribution in [2.75, 3.05) is 25.2 Å². The van der Waals surface area contributed by atoms with Gasteiger partial charge in [-0.2, -0.15) is 11.8 Å². The third-order valence-corrected chi connectivity index (χ3v) is 3.83. The van der Waals surface area contributed by atoms with Crippen LogP contribution in [0.4, 0.5) is 0 Å². The second kappa shape index (κ2) is 7.55. The first-order valence-corrected chi connectivity index (χ1v) is 6.89. The summed E-state index contributed by atoms with van der Waals surface area (Å²) in [5.74, 6) is 1.83. The van der Waals surface area contributed by atoms with Crippen molar-refractivity contribution < 1.29 is 19.4 Å². The van der Waals surface area contributed by atoms with Crippen molar-refractivity contribution in [3.05, 3.63) is 0 Å². The molecular formula is C11H19NO4S. The van der Waals surface area contributed by atoms with E-state index in [2.05, 4.69) is 10.1 Å². The van der Waals surface area contributed by atoms with E-state index in [1.807, 2.05) is 11.8 Å². The lowest BCUT2D eigenvalue weighted by Gasteiger charge is -2.20. The zero-order valence-electron chi connectivity index (χ0n) is 9.98. The highest BCUT2D eigenvalue weighted by Gasteiger charge is 2.19. The van der Waals surface area contributed by atoms with Crippen molar-refractivity contribution >= 4 is 23.6 Å². The van der Waals surface area contributed by atoms with Gasteiger partial charge in [-0.25, -0.2) is 4.79 Å². The normalized spacial score (nSPS) is 18.5. The molecule has 5 nitrogen and oxygen atoms in total. The molecule has 1 saturated heterocycles. The molecule has 17 heavy (non-hydrogen) atoms. The standard InChI is InChI=1S/C11H19NO4S/c1-16-11(15)9(13)7-12-10(14)6-8-2-4-17-5-3-8/h8-9,13H,2-7H2,1H3,(H,12,14). The van der Waals surface area contributed by atoms with Crippen molar-refractivity contribution in [1.82, 2.24) is 5.32 Å². The van der Waals surface area contributed by atoms with Gasteiger partial charge in [0.2, 0.25) is 5.91 Å². The van der Waals surface area contributed by atoms with Crippen LogP contribution in [0.5, 0.6) is 0 Å². The van der Waals surface area contributed by atoms with Crippen LogP contribution in [-0.2, 0) is 14.3 Å². The number of carbonyl (C=O) groups excluding carboxylic acids is 2. The van der Waals surface area contributed by atoms with Crippen molar-refractivity contribution in [2.24, 2.45) is 5.92 Å². The van der Waals surface area contributed by atoms with Gasteiger partial charge >= 0.3 is 5.97 Å². The topological polar surface area (TPSA) is 75.6 Å². The molecule has 0 radical (unpaired) electrons. The monoisotopic (exact) mass is 261 g/mol. The van der Waals surface area contributed by atoms with Crippen LogP contribution in [0.25, 0.3) is 0 Å². The third-order valence-electron chi connectivity index (χ3n) is 2.78. The number of hydrogen-bond donors (Lipinski definition) is 2. The summed E-state index contributed by atoms with van der Waals surface area (Å²) in [5, 5.41) is 11.8. The summed E-state index contributed by atoms with van der Waals surface area (Å²) >= 11 is 1.92. The molecule has 0 aromatic rings. The first kappa shape index (κ1) is 14.3. The molecule has 0 aromatic heterocycles. The Balaban J connectivity index is 2.18. The van der Waals surface area contributed by atoms with Crippen LogP contribution in [0.1, 0.15) is 19.3 Å². The summed E-state index contributed by atoms with van der Waals surface area (Å²) in [6, 6.07) is 0. The number of esters is 1. The summed E-state index contributed by atoms with van der Waals surface area (Å²) in [5.41, 5.74) is 0. The fourth-order valence-corrected chi connectivity index (χ4v) is 2.92. The Morgan fingerprint density at radius 3 is 2.71 bits per heavy atom. The fourth-order valence-electron chi connectivity index (χ4n) is 1.71. The number of hydrogen-bond acceptors (Lipinski definition) is 5. The molecule has 2 N–H and O–H groups in total. The van der Waals surface area contributed by atoms with E-state index < -0.39 is 12.1 Å². The molecule has 0 saturated carbocycles. The van der Waals surface area contributed by atoms with Crippen LogP contribution >= 0.6 is 11.8 Å². The Labute approximate surface area is 105 Å². The molecule has 1 rings (SSSR count). The van der Waals surface area contributed by atoms with Gasteiger partial charge in [-0.05, 0) is 30.3 Å². The predicted molar refractivity (Wildman–Crippen MR) is 65.7 cm³/mol. The van der Waals surface area contributed by atoms with E-state index >= 15 is 0 Å². The number of rotatable bonds is 5. The number of carbonyl (C=O) groups is 2. The Morgan fingerprint density at radius 2 is 2.12 bits per heavy atom. The van der Waals surface area contributed by atoms with E-state index in [1.165, 1.54) is 7.11 Å². The van der Waals surface area contributed by atoms with Gasteiger partial charge in [-0.3, -0.25) is 4.79 Å². The number of methoxy groups -OCH3 is 1. The zero-order valence-corrected chi connectivity index (χ0v) is 10.8. The minimum Gasteiger partial charge on any atom is -0.467 e. The maximum absolute atomic E-state index is 11.5. The van der Waals surface area contributed by atoms with Gasteiger partial charge in [0.05, 0.1) is 13.7 Å². The van der Waals surface area contributed by atoms with Crippen molar-refractivity contribution in [1.29, 1.82) is 0 Å². The molecule has 98 valence electrons. The van der Waals surface area contributed by atoms with Crippen LogP contribution in [0, 0.1) is 5.92 Å². The molecule has 6 heteroatoms. The molecule has 1 fully saturated rings. The first-order valence-electron chi connectivity index (χ1n) is 5.73. The molecule has 1 amide bonds. The molecule has 1 atom stereocenters. The van der Waals surface area contributed by atoms with Gasteiger partial charge in [0, 0.05) is 6.42 Å². The number of aliphatic hydroxyl groups is 1. The van der Waals surface area contributed by atoms with E-state index in [0.29, 0.717) is 12.3 Å². The first-order chi connectivity index (χ1) is 8.13. The van der Waals surface area contributed by atoms with Crippen molar-refractivity contribution in [3.8, 4) is 0 Å². The number of thioether (sulfide) groups is 1. The molecule has 1 unspecified atom stereocenters. The van der Waals surface area contributed by atoms with Crippen LogP contribution < -0.4 is 5.32 Å². The highest BCUT2D eigenvalue weighted by atomic mass is 32.2. The van der Waals surface area contributed by atoms with Crippen LogP contribution in [0.2, 0.25) is 0 Å². The number of amides is 1. The van der Waals surface area contributed by atoms with E-state index in [9.17, 15) is 14.7 Å². The lowest BCUT2D eigenvalue weighted by atomic mass is 9.98. The highest BCUT2D eigenvalue weighted by molar-refractivity contribution is 7.99. The van der Waals surface area contributed by atoms with Gasteiger partial charge in [0.15, 0.2) is 6.10 Å². The van der Waals surface area contributed by atoms with Gasteiger partial charge in [0.25, 0.3) is 0 Å². The summed E-state index contributed by atoms with van der Waals surface area (Å²) < 4.78 is 4.35. The summed E-state index contributed by atoms with van der Waals surface area (Å²) in [7, 11) is 1.20. The maximum Gasteiger partial charge on any atom is 0.336 e. The smallest absolute Gasteiger partial charge is 0.336 e. The van der Waals surface area contributed by atoms with Gasteiger partial charge in [-0.1, -0.05) is 0 Å². The minimum absolute atomic E-state index is 0.0764. The maximum atomic E-state index is 11.5. The lowest BCUT2D eigenvalue weighted by molar-refractivity contribution is -0.150. The van der Waals surface area contributed by atoms with Crippen LogP contribution in [-0.4, -0.2) is 48.2 Å². The SMILES string of the molecule is COC(=O)C(O)CNC(=O)CC1CCSCC1. The number of ether oxygens (including phenoxy) is 1. The van der Waals surface area contributed by atoms with E-state index in [4.69, 9.17) is 0 Å². The van der Waals surface area contributed by atoms with Crippen LogP contribution in [0.3, 0.4) is 0 Å². The number of nitrogens with one attached hydrogen (secondary N) is 1. The Hall–Kier alpha value is -0.750. The summed E-state index contributed by atoms with van der Waals surface area (Å²) in [4.78, 5) is 22.4. The minimum atomic E-state index is -1.27. The average molecular weight is 261 g/mol. The lowest BCUT2D eigenvalue weighted by Crippen LogP contribution is -2.38. The third kappa shape index (κ3) is 5.41. The van der Waals surface area contributed by atoms with Crippen molar-refractivity contribution in [3.63, 3.8) is 0 Å². The summed E-state index contributed by atoms with van der Waals surface area (Å²) in [6.45, 7) is -0.0764. The predicted octanol–water partition coefficient (Wildman–Crippen LogP) is 0.170. The van der Waals surface area contributed by atoms with Crippen LogP contribution in [0.15, 0.2) is 0 Å². The van der Waals surface area contributed by atoms with Crippen molar-refractivity contribution in [2.45, 2.75) is 25.4 Å². The second-order valence-corrected chi connectivity index (χ2v) is 5.33. The highest BCUT2D eigenvalue weighted by Crippen LogP contribution is 2.24.